The lowest BCUT2D eigenvalue weighted by Crippen LogP contribution is -2.21. The van der Waals surface area contributed by atoms with E-state index in [2.05, 4.69) is 49.6 Å². The van der Waals surface area contributed by atoms with Gasteiger partial charge in [-0.3, -0.25) is 5.43 Å². The van der Waals surface area contributed by atoms with Crippen molar-refractivity contribution in [1.82, 2.24) is 29.7 Å². The van der Waals surface area contributed by atoms with Gasteiger partial charge >= 0.3 is 0 Å². The maximum atomic E-state index is 5.39. The van der Waals surface area contributed by atoms with Crippen LogP contribution in [0.1, 0.15) is 20.3 Å². The van der Waals surface area contributed by atoms with E-state index in [0.29, 0.717) is 11.9 Å². The van der Waals surface area contributed by atoms with Crippen molar-refractivity contribution in [2.45, 2.75) is 26.3 Å². The average molecular weight is 309 g/mol. The average Bonchev–Trinajstić information content (AvgIpc) is 3.01. The third-order valence-electron chi connectivity index (χ3n) is 2.65. The molecule has 114 valence electrons. The van der Waals surface area contributed by atoms with Crippen molar-refractivity contribution in [3.05, 3.63) is 12.7 Å². The van der Waals surface area contributed by atoms with Crippen molar-refractivity contribution in [3.63, 3.8) is 0 Å². The van der Waals surface area contributed by atoms with Gasteiger partial charge in [0.1, 0.15) is 12.7 Å². The molecule has 2 rings (SSSR count). The molecule has 0 aromatic carbocycles. The molecule has 0 bridgehead atoms. The van der Waals surface area contributed by atoms with Gasteiger partial charge in [-0.2, -0.15) is 36.5 Å². The molecule has 2 aromatic rings. The van der Waals surface area contributed by atoms with E-state index in [-0.39, 0.29) is 12.0 Å². The Morgan fingerprint density at radius 1 is 1.33 bits per heavy atom. The number of hydrogen-bond acceptors (Lipinski definition) is 9. The molecule has 1 unspecified atom stereocenters. The summed E-state index contributed by atoms with van der Waals surface area (Å²) >= 11 is 1.91. The second-order valence-electron chi connectivity index (χ2n) is 4.30. The van der Waals surface area contributed by atoms with Crippen LogP contribution in [0.4, 0.5) is 11.9 Å². The third-order valence-corrected chi connectivity index (χ3v) is 3.58. The number of thioether (sulfide) groups is 1. The SMILES string of the molecule is CCSCCC(C)Nc1nc(NN)nc(-n2cncn2)n1. The number of aromatic nitrogens is 6. The van der Waals surface area contributed by atoms with Crippen LogP contribution in [-0.4, -0.2) is 47.3 Å². The zero-order valence-electron chi connectivity index (χ0n) is 12.0. The fourth-order valence-corrected chi connectivity index (χ4v) is 2.41. The molecular formula is C11H19N9S. The largest absolute Gasteiger partial charge is 0.352 e. The summed E-state index contributed by atoms with van der Waals surface area (Å²) in [6, 6.07) is 0.251. The quantitative estimate of drug-likeness (QED) is 0.367. The number of hydrogen-bond donors (Lipinski definition) is 3. The zero-order valence-corrected chi connectivity index (χ0v) is 12.8. The molecule has 0 aliphatic heterocycles. The Kier molecular flexibility index (Phi) is 5.69. The third kappa shape index (κ3) is 4.53. The summed E-state index contributed by atoms with van der Waals surface area (Å²) in [5, 5.41) is 7.24. The van der Waals surface area contributed by atoms with Gasteiger partial charge in [-0.25, -0.2) is 10.8 Å². The molecule has 0 aliphatic carbocycles. The molecular weight excluding hydrogens is 290 g/mol. The van der Waals surface area contributed by atoms with Crippen LogP contribution < -0.4 is 16.6 Å². The fourth-order valence-electron chi connectivity index (χ4n) is 1.60. The van der Waals surface area contributed by atoms with Gasteiger partial charge in [-0.1, -0.05) is 6.92 Å². The van der Waals surface area contributed by atoms with Crippen LogP contribution in [0.3, 0.4) is 0 Å². The second-order valence-corrected chi connectivity index (χ2v) is 5.69. The van der Waals surface area contributed by atoms with E-state index in [1.807, 2.05) is 11.8 Å². The lowest BCUT2D eigenvalue weighted by Gasteiger charge is -2.14. The Morgan fingerprint density at radius 3 is 2.81 bits per heavy atom. The van der Waals surface area contributed by atoms with Gasteiger partial charge < -0.3 is 5.32 Å². The van der Waals surface area contributed by atoms with E-state index in [9.17, 15) is 0 Å². The molecule has 0 saturated heterocycles. The van der Waals surface area contributed by atoms with Crippen LogP contribution in [0.5, 0.6) is 0 Å². The second kappa shape index (κ2) is 7.74. The number of nitrogens with zero attached hydrogens (tertiary/aromatic N) is 6. The predicted molar refractivity (Wildman–Crippen MR) is 83.3 cm³/mol. The lowest BCUT2D eigenvalue weighted by atomic mass is 10.3. The first-order chi connectivity index (χ1) is 10.2. The van der Waals surface area contributed by atoms with Gasteiger partial charge in [0.2, 0.25) is 11.9 Å². The Labute approximate surface area is 127 Å². The van der Waals surface area contributed by atoms with Crippen LogP contribution in [0.25, 0.3) is 5.95 Å². The predicted octanol–water partition coefficient (Wildman–Crippen LogP) is 0.681. The summed E-state index contributed by atoms with van der Waals surface area (Å²) in [7, 11) is 0. The highest BCUT2D eigenvalue weighted by atomic mass is 32.2. The molecule has 2 heterocycles. The van der Waals surface area contributed by atoms with Crippen LogP contribution in [0, 0.1) is 0 Å². The summed E-state index contributed by atoms with van der Waals surface area (Å²) in [5.74, 6) is 8.69. The molecule has 0 saturated carbocycles. The van der Waals surface area contributed by atoms with Crippen molar-refractivity contribution in [2.75, 3.05) is 22.2 Å². The molecule has 9 nitrogen and oxygen atoms in total. The Morgan fingerprint density at radius 2 is 2.14 bits per heavy atom. The van der Waals surface area contributed by atoms with Gasteiger partial charge in [0.15, 0.2) is 0 Å². The van der Waals surface area contributed by atoms with E-state index >= 15 is 0 Å². The van der Waals surface area contributed by atoms with Crippen LogP contribution >= 0.6 is 11.8 Å². The molecule has 0 aliphatic rings. The van der Waals surface area contributed by atoms with Gasteiger partial charge in [0, 0.05) is 6.04 Å². The molecule has 21 heavy (non-hydrogen) atoms. The molecule has 10 heteroatoms. The van der Waals surface area contributed by atoms with E-state index in [1.54, 1.807) is 0 Å². The molecule has 0 spiro atoms. The highest BCUT2D eigenvalue weighted by molar-refractivity contribution is 7.99. The van der Waals surface area contributed by atoms with Crippen molar-refractivity contribution in [2.24, 2.45) is 5.84 Å². The van der Waals surface area contributed by atoms with Gasteiger partial charge in [0.25, 0.3) is 5.95 Å². The van der Waals surface area contributed by atoms with E-state index in [4.69, 9.17) is 5.84 Å². The van der Waals surface area contributed by atoms with Crippen molar-refractivity contribution in [3.8, 4) is 5.95 Å². The maximum absolute atomic E-state index is 5.39. The molecule has 1 atom stereocenters. The molecule has 4 N–H and O–H groups in total. The zero-order chi connectivity index (χ0) is 15.1. The number of nitrogens with one attached hydrogen (secondary N) is 2. The van der Waals surface area contributed by atoms with Crippen LogP contribution in [0.15, 0.2) is 12.7 Å². The minimum absolute atomic E-state index is 0.251. The number of anilines is 2. The number of hydrazine groups is 1. The first kappa shape index (κ1) is 15.4. The molecule has 2 aromatic heterocycles. The van der Waals surface area contributed by atoms with E-state index in [1.165, 1.54) is 17.3 Å². The van der Waals surface area contributed by atoms with E-state index < -0.39 is 0 Å². The minimum atomic E-state index is 0.251. The maximum Gasteiger partial charge on any atom is 0.258 e. The molecule has 0 fully saturated rings. The summed E-state index contributed by atoms with van der Waals surface area (Å²) in [6.45, 7) is 4.24. The monoisotopic (exact) mass is 309 g/mol. The van der Waals surface area contributed by atoms with Crippen molar-refractivity contribution < 1.29 is 0 Å². The Bertz CT molecular complexity index is 545. The van der Waals surface area contributed by atoms with Gasteiger partial charge in [-0.05, 0) is 24.9 Å². The number of nitrogen functional groups attached to an aromatic ring is 1. The molecule has 0 amide bonds. The fraction of sp³-hybridized carbons (Fsp3) is 0.545. The van der Waals surface area contributed by atoms with Gasteiger partial charge in [0.05, 0.1) is 0 Å². The smallest absolute Gasteiger partial charge is 0.258 e. The summed E-state index contributed by atoms with van der Waals surface area (Å²) in [5.41, 5.74) is 2.43. The highest BCUT2D eigenvalue weighted by Crippen LogP contribution is 2.11. The summed E-state index contributed by atoms with van der Waals surface area (Å²) in [6.07, 6.45) is 3.95. The van der Waals surface area contributed by atoms with Crippen molar-refractivity contribution in [1.29, 1.82) is 0 Å². The van der Waals surface area contributed by atoms with Crippen LogP contribution in [-0.2, 0) is 0 Å². The number of nitrogens with two attached hydrogens (primary N) is 1. The first-order valence-corrected chi connectivity index (χ1v) is 7.80. The summed E-state index contributed by atoms with van der Waals surface area (Å²) in [4.78, 5) is 16.5. The Hall–Kier alpha value is -1.94. The normalized spacial score (nSPS) is 12.1. The van der Waals surface area contributed by atoms with Crippen molar-refractivity contribution >= 4 is 23.7 Å². The standard InChI is InChI=1S/C11H19N9S/c1-3-21-5-4-8(2)15-9-16-10(19-12)18-11(17-9)20-7-13-6-14-20/h6-8H,3-5,12H2,1-2H3,(H2,15,16,17,18,19). The minimum Gasteiger partial charge on any atom is -0.352 e. The Balaban J connectivity index is 2.10. The number of rotatable bonds is 8. The first-order valence-electron chi connectivity index (χ1n) is 6.65. The van der Waals surface area contributed by atoms with Gasteiger partial charge in [-0.15, -0.1) is 0 Å². The van der Waals surface area contributed by atoms with Crippen LogP contribution in [0.2, 0.25) is 0 Å². The van der Waals surface area contributed by atoms with E-state index in [0.717, 1.165) is 17.9 Å². The molecule has 0 radical (unpaired) electrons. The highest BCUT2D eigenvalue weighted by Gasteiger charge is 2.10. The topological polar surface area (TPSA) is 119 Å². The summed E-state index contributed by atoms with van der Waals surface area (Å²) < 4.78 is 1.45. The lowest BCUT2D eigenvalue weighted by molar-refractivity contribution is 0.745.